The number of sulfonamides is 1. The molecule has 0 fully saturated rings. The van der Waals surface area contributed by atoms with E-state index >= 15 is 0 Å². The van der Waals surface area contributed by atoms with Gasteiger partial charge in [0.2, 0.25) is 10.0 Å². The molecule has 0 amide bonds. The fraction of sp³-hybridized carbons (Fsp3) is 0.308. The molecule has 3 N–H and O–H groups in total. The van der Waals surface area contributed by atoms with Crippen molar-refractivity contribution in [2.75, 3.05) is 25.1 Å². The van der Waals surface area contributed by atoms with Crippen LogP contribution in [0.4, 0.5) is 11.4 Å². The Morgan fingerprint density at radius 2 is 2.10 bits per heavy atom. The zero-order valence-corrected chi connectivity index (χ0v) is 13.7. The first kappa shape index (κ1) is 15.7. The van der Waals surface area contributed by atoms with E-state index in [0.717, 1.165) is 5.01 Å². The Labute approximate surface area is 128 Å². The third-order valence-corrected chi connectivity index (χ3v) is 5.77. The number of nitrogens with zero attached hydrogens (tertiary/aromatic N) is 2. The molecule has 1 heterocycles. The Morgan fingerprint density at radius 1 is 1.38 bits per heavy atom. The molecule has 1 aromatic heterocycles. The quantitative estimate of drug-likeness (QED) is 0.822. The van der Waals surface area contributed by atoms with Crippen molar-refractivity contribution in [2.24, 2.45) is 0 Å². The normalized spacial score (nSPS) is 13.3. The van der Waals surface area contributed by atoms with E-state index in [1.807, 2.05) is 12.3 Å². The molecular weight excluding hydrogens is 308 g/mol. The lowest BCUT2D eigenvalue weighted by atomic mass is 10.2. The molecule has 2 rings (SSSR count). The van der Waals surface area contributed by atoms with Crippen LogP contribution in [0.3, 0.4) is 0 Å². The van der Waals surface area contributed by atoms with Gasteiger partial charge in [0.1, 0.15) is 5.01 Å². The van der Waals surface area contributed by atoms with Gasteiger partial charge in [-0.2, -0.15) is 0 Å². The van der Waals surface area contributed by atoms with E-state index in [1.165, 1.54) is 35.8 Å². The van der Waals surface area contributed by atoms with E-state index in [0.29, 0.717) is 11.4 Å². The molecule has 0 spiro atoms. The van der Waals surface area contributed by atoms with Crippen molar-refractivity contribution in [1.82, 2.24) is 9.29 Å². The van der Waals surface area contributed by atoms with Crippen LogP contribution in [-0.4, -0.2) is 31.8 Å². The van der Waals surface area contributed by atoms with E-state index in [-0.39, 0.29) is 10.9 Å². The SMILES string of the molecule is CC(Nc1cc(S(=O)(=O)N(C)C)ccc1N)c1nccs1. The number of nitrogen functional groups attached to an aromatic ring is 1. The van der Waals surface area contributed by atoms with Gasteiger partial charge in [0.25, 0.3) is 0 Å². The van der Waals surface area contributed by atoms with Crippen molar-refractivity contribution in [1.29, 1.82) is 0 Å². The molecule has 0 aliphatic carbocycles. The summed E-state index contributed by atoms with van der Waals surface area (Å²) < 4.78 is 25.5. The van der Waals surface area contributed by atoms with Crippen LogP contribution in [0.15, 0.2) is 34.7 Å². The number of thiazole rings is 1. The number of hydrogen-bond donors (Lipinski definition) is 2. The number of benzene rings is 1. The van der Waals surface area contributed by atoms with Gasteiger partial charge >= 0.3 is 0 Å². The summed E-state index contributed by atoms with van der Waals surface area (Å²) >= 11 is 1.53. The molecule has 0 radical (unpaired) electrons. The van der Waals surface area contributed by atoms with E-state index in [2.05, 4.69) is 10.3 Å². The zero-order chi connectivity index (χ0) is 15.6. The smallest absolute Gasteiger partial charge is 0.242 e. The second-order valence-electron chi connectivity index (χ2n) is 4.77. The lowest BCUT2D eigenvalue weighted by Crippen LogP contribution is -2.22. The number of hydrogen-bond acceptors (Lipinski definition) is 6. The van der Waals surface area contributed by atoms with Crippen molar-refractivity contribution < 1.29 is 8.42 Å². The highest BCUT2D eigenvalue weighted by Gasteiger charge is 2.19. The van der Waals surface area contributed by atoms with Crippen LogP contribution in [0, 0.1) is 0 Å². The van der Waals surface area contributed by atoms with Gasteiger partial charge in [-0.15, -0.1) is 11.3 Å². The third-order valence-electron chi connectivity index (χ3n) is 3.00. The average molecular weight is 326 g/mol. The van der Waals surface area contributed by atoms with Gasteiger partial charge in [-0.1, -0.05) is 0 Å². The molecule has 1 unspecified atom stereocenters. The highest BCUT2D eigenvalue weighted by atomic mass is 32.2. The largest absolute Gasteiger partial charge is 0.397 e. The molecule has 0 saturated carbocycles. The van der Waals surface area contributed by atoms with Gasteiger partial charge in [-0.25, -0.2) is 17.7 Å². The minimum Gasteiger partial charge on any atom is -0.397 e. The molecule has 8 heteroatoms. The fourth-order valence-electron chi connectivity index (χ4n) is 1.77. The van der Waals surface area contributed by atoms with E-state index in [9.17, 15) is 8.42 Å². The van der Waals surface area contributed by atoms with Crippen LogP contribution < -0.4 is 11.1 Å². The molecule has 0 bridgehead atoms. The van der Waals surface area contributed by atoms with Crippen LogP contribution in [0.25, 0.3) is 0 Å². The lowest BCUT2D eigenvalue weighted by Gasteiger charge is -2.17. The van der Waals surface area contributed by atoms with Crippen molar-refractivity contribution in [3.05, 3.63) is 34.8 Å². The summed E-state index contributed by atoms with van der Waals surface area (Å²) in [6.07, 6.45) is 1.73. The van der Waals surface area contributed by atoms with Crippen LogP contribution in [0.1, 0.15) is 18.0 Å². The molecule has 0 saturated heterocycles. The van der Waals surface area contributed by atoms with E-state index < -0.39 is 10.0 Å². The highest BCUT2D eigenvalue weighted by Crippen LogP contribution is 2.28. The summed E-state index contributed by atoms with van der Waals surface area (Å²) in [5, 5.41) is 6.01. The maximum Gasteiger partial charge on any atom is 0.242 e. The topological polar surface area (TPSA) is 88.3 Å². The molecule has 1 aromatic carbocycles. The Bertz CT molecular complexity index is 712. The van der Waals surface area contributed by atoms with Gasteiger partial charge in [0, 0.05) is 25.7 Å². The van der Waals surface area contributed by atoms with Gasteiger partial charge in [-0.05, 0) is 25.1 Å². The molecule has 2 aromatic rings. The predicted molar refractivity (Wildman–Crippen MR) is 85.9 cm³/mol. The second-order valence-corrected chi connectivity index (χ2v) is 7.85. The van der Waals surface area contributed by atoms with Gasteiger partial charge in [0.15, 0.2) is 0 Å². The zero-order valence-electron chi connectivity index (χ0n) is 12.1. The third kappa shape index (κ3) is 3.34. The fourth-order valence-corrected chi connectivity index (χ4v) is 3.35. The average Bonchev–Trinajstić information content (AvgIpc) is 2.94. The molecule has 21 heavy (non-hydrogen) atoms. The summed E-state index contributed by atoms with van der Waals surface area (Å²) in [6.45, 7) is 1.95. The van der Waals surface area contributed by atoms with Crippen LogP contribution in [0.5, 0.6) is 0 Å². The number of nitrogens with two attached hydrogens (primary N) is 1. The maximum atomic E-state index is 12.2. The highest BCUT2D eigenvalue weighted by molar-refractivity contribution is 7.89. The Balaban J connectivity index is 2.32. The molecule has 0 aliphatic heterocycles. The first-order valence-electron chi connectivity index (χ1n) is 6.30. The molecule has 0 aliphatic rings. The Morgan fingerprint density at radius 3 is 2.67 bits per heavy atom. The molecule has 6 nitrogen and oxygen atoms in total. The predicted octanol–water partition coefficient (Wildman–Crippen LogP) is 2.15. The minimum absolute atomic E-state index is 0.0513. The van der Waals surface area contributed by atoms with E-state index in [1.54, 1.807) is 18.3 Å². The first-order chi connectivity index (χ1) is 9.82. The van der Waals surface area contributed by atoms with E-state index in [4.69, 9.17) is 5.73 Å². The van der Waals surface area contributed by atoms with Gasteiger partial charge < -0.3 is 11.1 Å². The van der Waals surface area contributed by atoms with Crippen LogP contribution >= 0.6 is 11.3 Å². The minimum atomic E-state index is -3.48. The number of anilines is 2. The second kappa shape index (κ2) is 6.00. The molecule has 114 valence electrons. The van der Waals surface area contributed by atoms with Gasteiger partial charge in [-0.3, -0.25) is 0 Å². The summed E-state index contributed by atoms with van der Waals surface area (Å²) in [5.74, 6) is 0. The Hall–Kier alpha value is -1.64. The molecular formula is C13H18N4O2S2. The van der Waals surface area contributed by atoms with Crippen LogP contribution in [-0.2, 0) is 10.0 Å². The summed E-state index contributed by atoms with van der Waals surface area (Å²) in [5.41, 5.74) is 7.00. The summed E-state index contributed by atoms with van der Waals surface area (Å²) in [4.78, 5) is 4.43. The van der Waals surface area contributed by atoms with Crippen molar-refractivity contribution in [3.63, 3.8) is 0 Å². The number of rotatable bonds is 5. The van der Waals surface area contributed by atoms with Crippen LogP contribution in [0.2, 0.25) is 0 Å². The standard InChI is InChI=1S/C13H18N4O2S2/c1-9(13-15-6-7-20-13)16-12-8-10(4-5-11(12)14)21(18,19)17(2)3/h4-9,16H,14H2,1-3H3. The number of nitrogens with one attached hydrogen (secondary N) is 1. The van der Waals surface area contributed by atoms with Gasteiger partial charge in [0.05, 0.1) is 22.3 Å². The summed E-state index contributed by atoms with van der Waals surface area (Å²) in [6, 6.07) is 4.59. The van der Waals surface area contributed by atoms with Crippen molar-refractivity contribution >= 4 is 32.7 Å². The molecule has 1 atom stereocenters. The monoisotopic (exact) mass is 326 g/mol. The van der Waals surface area contributed by atoms with Crippen molar-refractivity contribution in [2.45, 2.75) is 17.9 Å². The first-order valence-corrected chi connectivity index (χ1v) is 8.62. The Kier molecular flexibility index (Phi) is 4.50. The summed E-state index contributed by atoms with van der Waals surface area (Å²) in [7, 11) is -0.487. The lowest BCUT2D eigenvalue weighted by molar-refractivity contribution is 0.521. The maximum absolute atomic E-state index is 12.2. The number of aromatic nitrogens is 1. The van der Waals surface area contributed by atoms with Crippen molar-refractivity contribution in [3.8, 4) is 0 Å².